The predicted molar refractivity (Wildman–Crippen MR) is 107 cm³/mol. The van der Waals surface area contributed by atoms with E-state index in [4.69, 9.17) is 0 Å². The van der Waals surface area contributed by atoms with Crippen molar-refractivity contribution < 1.29 is 4.79 Å². The molecule has 3 aromatic rings. The lowest BCUT2D eigenvalue weighted by atomic mass is 10.0. The van der Waals surface area contributed by atoms with Crippen molar-refractivity contribution in [1.82, 2.24) is 9.78 Å². The molecule has 0 saturated heterocycles. The molecule has 2 aromatic carbocycles. The van der Waals surface area contributed by atoms with Crippen LogP contribution in [0.4, 0.5) is 5.69 Å². The second kappa shape index (κ2) is 6.32. The quantitative estimate of drug-likeness (QED) is 0.668. The molecule has 1 amide bonds. The van der Waals surface area contributed by atoms with E-state index in [-0.39, 0.29) is 5.91 Å². The van der Waals surface area contributed by atoms with Gasteiger partial charge in [-0.25, -0.2) is 0 Å². The maximum atomic E-state index is 13.2. The summed E-state index contributed by atoms with van der Waals surface area (Å²) in [6.45, 7) is 4.07. The first-order valence-electron chi connectivity index (χ1n) is 8.60. The van der Waals surface area contributed by atoms with Gasteiger partial charge in [-0.05, 0) is 37.1 Å². The van der Waals surface area contributed by atoms with Crippen LogP contribution < -0.4 is 4.90 Å². The van der Waals surface area contributed by atoms with Gasteiger partial charge >= 0.3 is 0 Å². The van der Waals surface area contributed by atoms with Gasteiger partial charge in [0.25, 0.3) is 5.91 Å². The molecule has 1 aromatic heterocycles. The number of carbonyl (C=O) groups is 1. The molecule has 0 spiro atoms. The molecule has 0 radical (unpaired) electrons. The van der Waals surface area contributed by atoms with Crippen LogP contribution in [0, 0.1) is 13.8 Å². The van der Waals surface area contributed by atoms with Crippen molar-refractivity contribution in [2.45, 2.75) is 24.5 Å². The largest absolute Gasteiger partial charge is 0.310 e. The second-order valence-electron chi connectivity index (χ2n) is 6.74. The molecule has 0 N–H and O–H groups in total. The number of aromatic nitrogens is 2. The lowest BCUT2D eigenvalue weighted by molar-refractivity contribution is 0.0987. The molecule has 1 aliphatic heterocycles. The first kappa shape index (κ1) is 16.9. The molecule has 4 rings (SSSR count). The Morgan fingerprint density at radius 1 is 1.19 bits per heavy atom. The number of fused-ring (bicyclic) bond motifs is 3. The molecule has 0 aliphatic carbocycles. The van der Waals surface area contributed by atoms with Crippen molar-refractivity contribution in [1.29, 1.82) is 0 Å². The SMILES string of the molecule is Cc1ccc(C)c(N(C)C(=O)c2nn(C)c3c2CSc2ccccc2-3)c1. The van der Waals surface area contributed by atoms with Gasteiger partial charge in [-0.3, -0.25) is 9.48 Å². The number of carbonyl (C=O) groups excluding carboxylic acids is 1. The zero-order valence-corrected chi connectivity index (χ0v) is 16.2. The van der Waals surface area contributed by atoms with Crippen LogP contribution in [-0.4, -0.2) is 22.7 Å². The zero-order chi connectivity index (χ0) is 18.4. The first-order valence-corrected chi connectivity index (χ1v) is 9.59. The predicted octanol–water partition coefficient (Wildman–Crippen LogP) is 4.59. The fraction of sp³-hybridized carbons (Fsp3) is 0.238. The minimum Gasteiger partial charge on any atom is -0.310 e. The van der Waals surface area contributed by atoms with Crippen LogP contribution in [0.2, 0.25) is 0 Å². The van der Waals surface area contributed by atoms with Gasteiger partial charge in [0, 0.05) is 41.6 Å². The molecule has 0 fully saturated rings. The summed E-state index contributed by atoms with van der Waals surface area (Å²) in [4.78, 5) is 16.2. The van der Waals surface area contributed by atoms with Gasteiger partial charge in [0.1, 0.15) is 0 Å². The summed E-state index contributed by atoms with van der Waals surface area (Å²) in [5.74, 6) is 0.706. The summed E-state index contributed by atoms with van der Waals surface area (Å²) < 4.78 is 1.85. The van der Waals surface area contributed by atoms with Crippen LogP contribution in [0.3, 0.4) is 0 Å². The summed E-state index contributed by atoms with van der Waals surface area (Å²) in [5, 5.41) is 4.60. The van der Waals surface area contributed by atoms with Crippen LogP contribution in [0.5, 0.6) is 0 Å². The molecule has 5 heteroatoms. The lowest BCUT2D eigenvalue weighted by Gasteiger charge is -2.21. The highest BCUT2D eigenvalue weighted by Crippen LogP contribution is 2.42. The minimum absolute atomic E-state index is 0.0597. The molecular weight excluding hydrogens is 342 g/mol. The highest BCUT2D eigenvalue weighted by molar-refractivity contribution is 7.98. The summed E-state index contributed by atoms with van der Waals surface area (Å²) in [6, 6.07) is 14.5. The van der Waals surface area contributed by atoms with E-state index in [1.807, 2.05) is 50.8 Å². The maximum absolute atomic E-state index is 13.2. The van der Waals surface area contributed by atoms with E-state index in [0.717, 1.165) is 39.4 Å². The Morgan fingerprint density at radius 3 is 2.77 bits per heavy atom. The van der Waals surface area contributed by atoms with Gasteiger partial charge in [-0.15, -0.1) is 11.8 Å². The lowest BCUT2D eigenvalue weighted by Crippen LogP contribution is -2.28. The van der Waals surface area contributed by atoms with Gasteiger partial charge in [-0.1, -0.05) is 30.3 Å². The number of hydrogen-bond acceptors (Lipinski definition) is 3. The molecule has 2 heterocycles. The number of thioether (sulfide) groups is 1. The second-order valence-corrected chi connectivity index (χ2v) is 7.76. The van der Waals surface area contributed by atoms with Crippen LogP contribution in [0.1, 0.15) is 27.2 Å². The van der Waals surface area contributed by atoms with Gasteiger partial charge in [0.05, 0.1) is 5.69 Å². The normalized spacial score (nSPS) is 12.5. The molecule has 0 atom stereocenters. The maximum Gasteiger partial charge on any atom is 0.278 e. The number of nitrogens with zero attached hydrogens (tertiary/aromatic N) is 3. The Balaban J connectivity index is 1.78. The molecule has 132 valence electrons. The number of benzene rings is 2. The molecule has 0 saturated carbocycles. The number of amides is 1. The first-order chi connectivity index (χ1) is 12.5. The highest BCUT2D eigenvalue weighted by Gasteiger charge is 2.29. The van der Waals surface area contributed by atoms with Crippen molar-refractivity contribution in [3.63, 3.8) is 0 Å². The fourth-order valence-electron chi connectivity index (χ4n) is 3.50. The number of aryl methyl sites for hydroxylation is 3. The van der Waals surface area contributed by atoms with Crippen molar-refractivity contribution in [2.75, 3.05) is 11.9 Å². The van der Waals surface area contributed by atoms with Gasteiger partial charge in [0.2, 0.25) is 0 Å². The minimum atomic E-state index is -0.0597. The van der Waals surface area contributed by atoms with Crippen molar-refractivity contribution in [3.05, 3.63) is 64.8 Å². The molecule has 4 nitrogen and oxygen atoms in total. The van der Waals surface area contributed by atoms with Crippen molar-refractivity contribution in [2.24, 2.45) is 7.05 Å². The number of rotatable bonds is 2. The van der Waals surface area contributed by atoms with Crippen LogP contribution in [0.15, 0.2) is 47.4 Å². The summed E-state index contributed by atoms with van der Waals surface area (Å²) in [7, 11) is 3.75. The molecule has 26 heavy (non-hydrogen) atoms. The molecule has 0 unspecified atom stereocenters. The van der Waals surface area contributed by atoms with Crippen LogP contribution >= 0.6 is 11.8 Å². The van der Waals surface area contributed by atoms with E-state index in [0.29, 0.717) is 5.69 Å². The third-order valence-electron chi connectivity index (χ3n) is 4.89. The Kier molecular flexibility index (Phi) is 4.11. The van der Waals surface area contributed by atoms with E-state index in [1.165, 1.54) is 4.90 Å². The van der Waals surface area contributed by atoms with Crippen LogP contribution in [0.25, 0.3) is 11.3 Å². The summed E-state index contributed by atoms with van der Waals surface area (Å²) >= 11 is 1.77. The average molecular weight is 363 g/mol. The monoisotopic (exact) mass is 363 g/mol. The zero-order valence-electron chi connectivity index (χ0n) is 15.4. The van der Waals surface area contributed by atoms with E-state index < -0.39 is 0 Å². The van der Waals surface area contributed by atoms with E-state index in [1.54, 1.807) is 16.7 Å². The Bertz CT molecular complexity index is 1020. The van der Waals surface area contributed by atoms with Crippen molar-refractivity contribution in [3.8, 4) is 11.3 Å². The van der Waals surface area contributed by atoms with Gasteiger partial charge in [0.15, 0.2) is 5.69 Å². The Morgan fingerprint density at radius 2 is 1.96 bits per heavy atom. The smallest absolute Gasteiger partial charge is 0.278 e. The summed E-state index contributed by atoms with van der Waals surface area (Å²) in [6.07, 6.45) is 0. The molecular formula is C21H21N3OS. The fourth-order valence-corrected chi connectivity index (χ4v) is 4.57. The third-order valence-corrected chi connectivity index (χ3v) is 5.99. The number of anilines is 1. The summed E-state index contributed by atoms with van der Waals surface area (Å²) in [5.41, 5.74) is 6.93. The standard InChI is InChI=1S/C21H21N3OS/c1-13-9-10-14(2)17(11-13)23(3)21(25)19-16-12-26-18-8-6-5-7-15(18)20(16)24(4)22-19/h5-11H,12H2,1-4H3. The van der Waals surface area contributed by atoms with Gasteiger partial charge in [-0.2, -0.15) is 5.10 Å². The third kappa shape index (κ3) is 2.63. The average Bonchev–Trinajstić information content (AvgIpc) is 2.99. The molecule has 0 bridgehead atoms. The van der Waals surface area contributed by atoms with E-state index in [9.17, 15) is 4.79 Å². The Hall–Kier alpha value is -2.53. The molecule has 1 aliphatic rings. The topological polar surface area (TPSA) is 38.1 Å². The van der Waals surface area contributed by atoms with E-state index in [2.05, 4.69) is 29.4 Å². The van der Waals surface area contributed by atoms with Crippen molar-refractivity contribution >= 4 is 23.4 Å². The highest BCUT2D eigenvalue weighted by atomic mass is 32.2. The Labute approximate surface area is 157 Å². The van der Waals surface area contributed by atoms with Gasteiger partial charge < -0.3 is 4.90 Å². The van der Waals surface area contributed by atoms with E-state index >= 15 is 0 Å². The number of hydrogen-bond donors (Lipinski definition) is 0. The van der Waals surface area contributed by atoms with Crippen LogP contribution in [-0.2, 0) is 12.8 Å².